The van der Waals surface area contributed by atoms with E-state index >= 15 is 0 Å². The van der Waals surface area contributed by atoms with Gasteiger partial charge in [-0.1, -0.05) is 12.1 Å². The van der Waals surface area contributed by atoms with Crippen molar-refractivity contribution in [3.8, 4) is 0 Å². The topological polar surface area (TPSA) is 109 Å². The van der Waals surface area contributed by atoms with E-state index in [9.17, 15) is 9.59 Å². The average Bonchev–Trinajstić information content (AvgIpc) is 3.46. The van der Waals surface area contributed by atoms with Gasteiger partial charge in [-0.05, 0) is 42.4 Å². The molecule has 2 amide bonds. The minimum atomic E-state index is -0.409. The Balaban J connectivity index is 1.39. The molecule has 8 nitrogen and oxygen atoms in total. The molecule has 1 aliphatic carbocycles. The van der Waals surface area contributed by atoms with Gasteiger partial charge in [0.05, 0.1) is 11.4 Å². The summed E-state index contributed by atoms with van der Waals surface area (Å²) < 4.78 is 5.82. The number of nitrogens with two attached hydrogens (primary N) is 1. The number of amidine groups is 1. The first-order chi connectivity index (χ1) is 15.1. The lowest BCUT2D eigenvalue weighted by Gasteiger charge is -2.30. The molecule has 0 aromatic heterocycles. The van der Waals surface area contributed by atoms with E-state index in [2.05, 4.69) is 15.5 Å². The van der Waals surface area contributed by atoms with Crippen molar-refractivity contribution < 1.29 is 14.3 Å². The van der Waals surface area contributed by atoms with Crippen LogP contribution in [0.5, 0.6) is 0 Å². The number of hydrogen-bond donors (Lipinski definition) is 3. The summed E-state index contributed by atoms with van der Waals surface area (Å²) in [5.74, 6) is 0.713. The second-order valence-electron chi connectivity index (χ2n) is 8.61. The second kappa shape index (κ2) is 6.73. The number of benzene rings is 1. The summed E-state index contributed by atoms with van der Waals surface area (Å²) in [7, 11) is 0. The van der Waals surface area contributed by atoms with Gasteiger partial charge in [0.2, 0.25) is 5.91 Å². The molecule has 158 valence electrons. The summed E-state index contributed by atoms with van der Waals surface area (Å²) in [6.07, 6.45) is 6.39. The van der Waals surface area contributed by atoms with Crippen molar-refractivity contribution >= 4 is 17.6 Å². The van der Waals surface area contributed by atoms with Crippen molar-refractivity contribution in [2.75, 3.05) is 13.2 Å². The highest BCUT2D eigenvalue weighted by molar-refractivity contribution is 6.06. The Morgan fingerprint density at radius 2 is 2.23 bits per heavy atom. The Morgan fingerprint density at radius 1 is 1.35 bits per heavy atom. The maximum atomic E-state index is 12.1. The van der Waals surface area contributed by atoms with E-state index in [1.54, 1.807) is 6.26 Å². The predicted octanol–water partition coefficient (Wildman–Crippen LogP) is 1.26. The molecule has 1 fully saturated rings. The van der Waals surface area contributed by atoms with Crippen LogP contribution in [0.4, 0.5) is 0 Å². The van der Waals surface area contributed by atoms with E-state index in [0.29, 0.717) is 18.7 Å². The first kappa shape index (κ1) is 18.2. The van der Waals surface area contributed by atoms with E-state index in [-0.39, 0.29) is 17.7 Å². The first-order valence-electron chi connectivity index (χ1n) is 10.7. The summed E-state index contributed by atoms with van der Waals surface area (Å²) >= 11 is 0. The van der Waals surface area contributed by atoms with Crippen molar-refractivity contribution in [1.82, 2.24) is 15.5 Å². The minimum Gasteiger partial charge on any atom is -0.495 e. The third kappa shape index (κ3) is 2.93. The fraction of sp³-hybridized carbons (Fsp3) is 0.348. The third-order valence-corrected chi connectivity index (χ3v) is 6.58. The van der Waals surface area contributed by atoms with Gasteiger partial charge in [-0.25, -0.2) is 4.99 Å². The maximum absolute atomic E-state index is 12.1. The van der Waals surface area contributed by atoms with Crippen LogP contribution in [-0.4, -0.2) is 41.7 Å². The first-order valence-corrected chi connectivity index (χ1v) is 10.7. The van der Waals surface area contributed by atoms with Gasteiger partial charge in [0, 0.05) is 36.0 Å². The largest absolute Gasteiger partial charge is 0.495 e. The molecule has 5 aliphatic rings. The number of fused-ring (bicyclic) bond motifs is 1. The number of nitrogens with one attached hydrogen (secondary N) is 2. The highest BCUT2D eigenvalue weighted by atomic mass is 16.5. The molecule has 0 bridgehead atoms. The standard InChI is InChI=1S/C23H23N5O3/c24-21(29)19(12-1-2-12)27-18-11-31-10-15-5-6-28-20(15)17(18)9-25-22(28)13-3-4-14-8-26-23(30)16(14)7-13/h3-4,7,9,11-12,19,27H,1-2,5-6,8,10H2,(H2,24,29)(H,26,30). The van der Waals surface area contributed by atoms with Crippen LogP contribution >= 0.6 is 0 Å². The van der Waals surface area contributed by atoms with Crippen molar-refractivity contribution in [1.29, 1.82) is 0 Å². The molecule has 4 aliphatic heterocycles. The smallest absolute Gasteiger partial charge is 0.251 e. The zero-order valence-corrected chi connectivity index (χ0v) is 17.0. The zero-order chi connectivity index (χ0) is 21.1. The molecular weight excluding hydrogens is 394 g/mol. The van der Waals surface area contributed by atoms with Crippen LogP contribution in [0.3, 0.4) is 0 Å². The molecule has 0 spiro atoms. The number of primary amides is 1. The highest BCUT2D eigenvalue weighted by Gasteiger charge is 2.39. The van der Waals surface area contributed by atoms with Gasteiger partial charge >= 0.3 is 0 Å². The van der Waals surface area contributed by atoms with Gasteiger partial charge in [0.1, 0.15) is 24.7 Å². The fourth-order valence-corrected chi connectivity index (χ4v) is 4.81. The van der Waals surface area contributed by atoms with Crippen LogP contribution in [0.1, 0.15) is 40.7 Å². The molecule has 8 heteroatoms. The van der Waals surface area contributed by atoms with E-state index in [1.165, 1.54) is 5.57 Å². The molecule has 1 aromatic carbocycles. The predicted molar refractivity (Wildman–Crippen MR) is 113 cm³/mol. The number of nitrogens with zero attached hydrogens (tertiary/aromatic N) is 2. The summed E-state index contributed by atoms with van der Waals surface area (Å²) in [5, 5.41) is 6.20. The number of carbonyl (C=O) groups excluding carboxylic acids is 2. The Kier molecular flexibility index (Phi) is 3.96. The Hall–Kier alpha value is -3.55. The Morgan fingerprint density at radius 3 is 3.03 bits per heavy atom. The Labute approximate surface area is 179 Å². The Bertz CT molecular complexity index is 1140. The fourth-order valence-electron chi connectivity index (χ4n) is 4.81. The maximum Gasteiger partial charge on any atom is 0.251 e. The van der Waals surface area contributed by atoms with Crippen LogP contribution in [0.25, 0.3) is 0 Å². The molecule has 1 saturated carbocycles. The van der Waals surface area contributed by atoms with Crippen LogP contribution in [0.2, 0.25) is 0 Å². The van der Waals surface area contributed by atoms with Crippen molar-refractivity contribution in [3.05, 3.63) is 69.9 Å². The molecule has 1 aromatic rings. The zero-order valence-electron chi connectivity index (χ0n) is 17.0. The molecule has 0 radical (unpaired) electrons. The van der Waals surface area contributed by atoms with Crippen LogP contribution in [0, 0.1) is 5.92 Å². The molecule has 1 atom stereocenters. The highest BCUT2D eigenvalue weighted by Crippen LogP contribution is 2.39. The second-order valence-corrected chi connectivity index (χ2v) is 8.61. The lowest BCUT2D eigenvalue weighted by atomic mass is 10.0. The van der Waals surface area contributed by atoms with Crippen molar-refractivity contribution in [3.63, 3.8) is 0 Å². The number of hydrogen-bond acceptors (Lipinski definition) is 6. The molecule has 4 N–H and O–H groups in total. The van der Waals surface area contributed by atoms with Crippen LogP contribution in [-0.2, 0) is 16.1 Å². The summed E-state index contributed by atoms with van der Waals surface area (Å²) in [6, 6.07) is 5.53. The lowest BCUT2D eigenvalue weighted by Crippen LogP contribution is -2.43. The quantitative estimate of drug-likeness (QED) is 0.668. The number of rotatable bonds is 5. The van der Waals surface area contributed by atoms with Crippen molar-refractivity contribution in [2.45, 2.75) is 31.8 Å². The molecule has 0 saturated heterocycles. The summed E-state index contributed by atoms with van der Waals surface area (Å²) in [4.78, 5) is 31.1. The lowest BCUT2D eigenvalue weighted by molar-refractivity contribution is -0.120. The summed E-state index contributed by atoms with van der Waals surface area (Å²) in [6.45, 7) is 1.87. The molecule has 6 rings (SSSR count). The van der Waals surface area contributed by atoms with Gasteiger partial charge < -0.3 is 26.0 Å². The van der Waals surface area contributed by atoms with Crippen LogP contribution in [0.15, 0.2) is 58.2 Å². The SMILES string of the molecule is NC(=O)C(NC1=COCC2=C3C1=CN=C(c1ccc4c(c1)C(=O)NC4)N3CC2)C1CC1. The van der Waals surface area contributed by atoms with E-state index in [1.807, 2.05) is 24.4 Å². The van der Waals surface area contributed by atoms with Crippen LogP contribution < -0.4 is 16.4 Å². The number of ether oxygens (including phenoxy) is 1. The van der Waals surface area contributed by atoms with E-state index < -0.39 is 6.04 Å². The summed E-state index contributed by atoms with van der Waals surface area (Å²) in [5.41, 5.74) is 12.2. The van der Waals surface area contributed by atoms with Crippen molar-refractivity contribution in [2.24, 2.45) is 16.6 Å². The monoisotopic (exact) mass is 417 g/mol. The average molecular weight is 417 g/mol. The van der Waals surface area contributed by atoms with Gasteiger partial charge in [0.15, 0.2) is 0 Å². The third-order valence-electron chi connectivity index (χ3n) is 6.58. The van der Waals surface area contributed by atoms with Gasteiger partial charge in [-0.3, -0.25) is 9.59 Å². The number of carbonyl (C=O) groups is 2. The molecule has 4 heterocycles. The normalized spacial score (nSPS) is 22.4. The molecule has 31 heavy (non-hydrogen) atoms. The van der Waals surface area contributed by atoms with E-state index in [4.69, 9.17) is 15.5 Å². The van der Waals surface area contributed by atoms with Gasteiger partial charge in [-0.15, -0.1) is 0 Å². The van der Waals surface area contributed by atoms with Gasteiger partial charge in [-0.2, -0.15) is 0 Å². The molecular formula is C23H23N5O3. The van der Waals surface area contributed by atoms with E-state index in [0.717, 1.165) is 59.7 Å². The number of amides is 2. The van der Waals surface area contributed by atoms with Gasteiger partial charge in [0.25, 0.3) is 5.91 Å². The minimum absolute atomic E-state index is 0.0410. The number of aliphatic imine (C=N–C) groups is 1. The molecule has 1 unspecified atom stereocenters.